The van der Waals surface area contributed by atoms with Gasteiger partial charge in [0.2, 0.25) is 5.56 Å². The average molecular weight is 340 g/mol. The number of aromatic amines is 1. The lowest BCUT2D eigenvalue weighted by Crippen LogP contribution is -2.28. The third kappa shape index (κ3) is 3.16. The number of pyridine rings is 1. The number of hydrogen-bond donors (Lipinski definition) is 3. The number of para-hydroxylation sites is 1. The Morgan fingerprint density at radius 2 is 2.17 bits per heavy atom. The van der Waals surface area contributed by atoms with Gasteiger partial charge < -0.3 is 10.3 Å². The molecular weight excluding hydrogens is 324 g/mol. The van der Waals surface area contributed by atoms with Crippen LogP contribution in [0.5, 0.6) is 0 Å². The van der Waals surface area contributed by atoms with Crippen molar-refractivity contribution in [3.8, 4) is 0 Å². The first-order valence-corrected chi connectivity index (χ1v) is 8.68. The van der Waals surface area contributed by atoms with E-state index >= 15 is 0 Å². The molecule has 6 nitrogen and oxygen atoms in total. The van der Waals surface area contributed by atoms with E-state index in [1.54, 1.807) is 0 Å². The summed E-state index contributed by atoms with van der Waals surface area (Å²) in [5.74, 6) is 0.572. The number of fused-ring (bicyclic) bond motifs is 1. The lowest BCUT2D eigenvalue weighted by atomic mass is 10.1. The van der Waals surface area contributed by atoms with Gasteiger partial charge in [0.25, 0.3) is 0 Å². The van der Waals surface area contributed by atoms with Crippen LogP contribution in [0.15, 0.2) is 40.5 Å². The van der Waals surface area contributed by atoms with Crippen LogP contribution in [0, 0.1) is 0 Å². The van der Waals surface area contributed by atoms with Gasteiger partial charge in [-0.1, -0.05) is 18.2 Å². The molecule has 7 heteroatoms. The molecule has 2 heterocycles. The summed E-state index contributed by atoms with van der Waals surface area (Å²) in [6.07, 6.45) is 2.37. The minimum atomic E-state index is -0.323. The number of anilines is 1. The van der Waals surface area contributed by atoms with Crippen molar-refractivity contribution in [2.24, 2.45) is 0 Å². The highest BCUT2D eigenvalue weighted by molar-refractivity contribution is 7.13. The van der Waals surface area contributed by atoms with Crippen LogP contribution in [0.4, 0.5) is 9.93 Å². The number of rotatable bonds is 4. The van der Waals surface area contributed by atoms with Crippen LogP contribution in [0.3, 0.4) is 0 Å². The molecule has 1 fully saturated rings. The predicted molar refractivity (Wildman–Crippen MR) is 94.5 cm³/mol. The van der Waals surface area contributed by atoms with Crippen molar-refractivity contribution < 1.29 is 4.79 Å². The topological polar surface area (TPSA) is 86.9 Å². The summed E-state index contributed by atoms with van der Waals surface area (Å²) in [5.41, 5.74) is 2.43. The molecule has 2 amide bonds. The van der Waals surface area contributed by atoms with Gasteiger partial charge in [-0.3, -0.25) is 10.1 Å². The van der Waals surface area contributed by atoms with Crippen LogP contribution < -0.4 is 16.2 Å². The summed E-state index contributed by atoms with van der Waals surface area (Å²) in [4.78, 5) is 31.0. The number of carbonyl (C=O) groups excluding carboxylic acids is 1. The number of urea groups is 1. The van der Waals surface area contributed by atoms with Gasteiger partial charge in [0.05, 0.1) is 5.69 Å². The van der Waals surface area contributed by atoms with Crippen molar-refractivity contribution in [1.82, 2.24) is 15.3 Å². The summed E-state index contributed by atoms with van der Waals surface area (Å²) in [6.45, 7) is 0.275. The largest absolute Gasteiger partial charge is 0.334 e. The highest BCUT2D eigenvalue weighted by atomic mass is 32.1. The lowest BCUT2D eigenvalue weighted by molar-refractivity contribution is 0.252. The van der Waals surface area contributed by atoms with E-state index in [-0.39, 0.29) is 18.1 Å². The van der Waals surface area contributed by atoms with Crippen molar-refractivity contribution in [3.05, 3.63) is 57.3 Å². The normalized spacial score (nSPS) is 13.8. The SMILES string of the molecule is O=C(NCc1cc(=O)[nH]c2ccccc12)Nc1nc(C2CC2)cs1. The molecule has 0 bridgehead atoms. The van der Waals surface area contributed by atoms with E-state index in [0.29, 0.717) is 11.0 Å². The minimum absolute atomic E-state index is 0.181. The van der Waals surface area contributed by atoms with Crippen LogP contribution in [-0.2, 0) is 6.54 Å². The van der Waals surface area contributed by atoms with E-state index in [9.17, 15) is 9.59 Å². The van der Waals surface area contributed by atoms with Crippen LogP contribution in [0.1, 0.15) is 30.0 Å². The number of H-pyrrole nitrogens is 1. The van der Waals surface area contributed by atoms with Crippen molar-refractivity contribution >= 4 is 33.4 Å². The number of benzene rings is 1. The Kier molecular flexibility index (Phi) is 3.78. The molecule has 1 saturated carbocycles. The third-order valence-corrected chi connectivity index (χ3v) is 4.79. The Balaban J connectivity index is 1.44. The number of carbonyl (C=O) groups is 1. The van der Waals surface area contributed by atoms with Gasteiger partial charge >= 0.3 is 6.03 Å². The molecule has 0 aliphatic heterocycles. The first-order valence-electron chi connectivity index (χ1n) is 7.80. The zero-order valence-electron chi connectivity index (χ0n) is 12.8. The molecule has 1 aromatic carbocycles. The Morgan fingerprint density at radius 1 is 1.33 bits per heavy atom. The molecule has 0 saturated heterocycles. The molecule has 0 atom stereocenters. The Morgan fingerprint density at radius 3 is 3.00 bits per heavy atom. The van der Waals surface area contributed by atoms with Crippen LogP contribution in [0.2, 0.25) is 0 Å². The summed E-state index contributed by atoms with van der Waals surface area (Å²) < 4.78 is 0. The van der Waals surface area contributed by atoms with Crippen LogP contribution >= 0.6 is 11.3 Å². The summed E-state index contributed by atoms with van der Waals surface area (Å²) in [6, 6.07) is 8.72. The molecule has 0 radical (unpaired) electrons. The van der Waals surface area contributed by atoms with E-state index < -0.39 is 0 Å². The minimum Gasteiger partial charge on any atom is -0.334 e. The van der Waals surface area contributed by atoms with E-state index in [1.807, 2.05) is 29.6 Å². The van der Waals surface area contributed by atoms with Gasteiger partial charge in [-0.05, 0) is 24.5 Å². The fraction of sp³-hybridized carbons (Fsp3) is 0.235. The van der Waals surface area contributed by atoms with E-state index in [1.165, 1.54) is 30.2 Å². The molecule has 1 aliphatic rings. The van der Waals surface area contributed by atoms with E-state index in [4.69, 9.17) is 0 Å². The number of thiazole rings is 1. The Labute approximate surface area is 141 Å². The maximum Gasteiger partial charge on any atom is 0.321 e. The number of nitrogens with zero attached hydrogens (tertiary/aromatic N) is 1. The van der Waals surface area contributed by atoms with Crippen molar-refractivity contribution in [1.29, 1.82) is 0 Å². The van der Waals surface area contributed by atoms with Gasteiger partial charge in [-0.25, -0.2) is 9.78 Å². The van der Waals surface area contributed by atoms with Crippen molar-refractivity contribution in [2.75, 3.05) is 5.32 Å². The van der Waals surface area contributed by atoms with Crippen molar-refractivity contribution in [2.45, 2.75) is 25.3 Å². The second-order valence-corrected chi connectivity index (χ2v) is 6.72. The zero-order valence-corrected chi connectivity index (χ0v) is 13.7. The van der Waals surface area contributed by atoms with Gasteiger partial charge in [0.1, 0.15) is 0 Å². The summed E-state index contributed by atoms with van der Waals surface area (Å²) >= 11 is 1.43. The first-order chi connectivity index (χ1) is 11.7. The van der Waals surface area contributed by atoms with Crippen LogP contribution in [0.25, 0.3) is 10.9 Å². The highest BCUT2D eigenvalue weighted by Gasteiger charge is 2.26. The molecule has 24 heavy (non-hydrogen) atoms. The number of amides is 2. The molecule has 0 unspecified atom stereocenters. The third-order valence-electron chi connectivity index (χ3n) is 4.01. The number of aromatic nitrogens is 2. The summed E-state index contributed by atoms with van der Waals surface area (Å²) in [7, 11) is 0. The zero-order chi connectivity index (χ0) is 16.5. The summed E-state index contributed by atoms with van der Waals surface area (Å²) in [5, 5.41) is 9.05. The van der Waals surface area contributed by atoms with Gasteiger partial charge in [-0.2, -0.15) is 0 Å². The predicted octanol–water partition coefficient (Wildman–Crippen LogP) is 3.18. The van der Waals surface area contributed by atoms with E-state index in [0.717, 1.165) is 22.2 Å². The molecular formula is C17H16N4O2S. The van der Waals surface area contributed by atoms with Gasteiger partial charge in [0.15, 0.2) is 5.13 Å². The lowest BCUT2D eigenvalue weighted by Gasteiger charge is -2.08. The number of nitrogens with one attached hydrogen (secondary N) is 3. The molecule has 122 valence electrons. The molecule has 3 N–H and O–H groups in total. The van der Waals surface area contributed by atoms with E-state index in [2.05, 4.69) is 20.6 Å². The van der Waals surface area contributed by atoms with Crippen molar-refractivity contribution in [3.63, 3.8) is 0 Å². The molecule has 4 rings (SSSR count). The fourth-order valence-corrected chi connectivity index (χ4v) is 3.44. The monoisotopic (exact) mass is 340 g/mol. The van der Waals surface area contributed by atoms with Crippen LogP contribution in [-0.4, -0.2) is 16.0 Å². The van der Waals surface area contributed by atoms with Gasteiger partial charge in [-0.15, -0.1) is 11.3 Å². The quantitative estimate of drug-likeness (QED) is 0.682. The Hall–Kier alpha value is -2.67. The highest BCUT2D eigenvalue weighted by Crippen LogP contribution is 2.40. The average Bonchev–Trinajstić information content (AvgIpc) is 3.32. The molecule has 2 aromatic heterocycles. The maximum absolute atomic E-state index is 12.1. The number of hydrogen-bond acceptors (Lipinski definition) is 4. The molecule has 3 aromatic rings. The second-order valence-electron chi connectivity index (χ2n) is 5.86. The first kappa shape index (κ1) is 14.9. The second kappa shape index (κ2) is 6.09. The smallest absolute Gasteiger partial charge is 0.321 e. The molecule has 0 spiro atoms. The Bertz CT molecular complexity index is 958. The fourth-order valence-electron chi connectivity index (χ4n) is 2.65. The molecule has 1 aliphatic carbocycles. The van der Waals surface area contributed by atoms with Gasteiger partial charge in [0, 0.05) is 34.8 Å². The standard InChI is InChI=1S/C17H16N4O2S/c22-15-7-11(12-3-1-2-4-13(12)19-15)8-18-16(23)21-17-20-14(9-24-17)10-5-6-10/h1-4,7,9-10H,5-6,8H2,(H,19,22)(H2,18,20,21,23). The maximum atomic E-state index is 12.1.